The molecule has 2 N–H and O–H groups in total. The Bertz CT molecular complexity index is 340. The number of rotatable bonds is 1. The summed E-state index contributed by atoms with van der Waals surface area (Å²) < 4.78 is 0. The first-order valence-electron chi connectivity index (χ1n) is 5.53. The molecule has 1 aliphatic heterocycles. The van der Waals surface area contributed by atoms with Crippen LogP contribution in [-0.2, 0) is 12.8 Å². The van der Waals surface area contributed by atoms with Gasteiger partial charge < -0.3 is 0 Å². The zero-order chi connectivity index (χ0) is 9.38. The SMILES string of the molecule is c1cc2c(cc1C1CCNN1)CCC2. The lowest BCUT2D eigenvalue weighted by Crippen LogP contribution is -2.24. The van der Waals surface area contributed by atoms with Gasteiger partial charge in [-0.1, -0.05) is 18.2 Å². The molecule has 1 atom stereocenters. The zero-order valence-electron chi connectivity index (χ0n) is 8.34. The van der Waals surface area contributed by atoms with Crippen LogP contribution >= 0.6 is 0 Å². The summed E-state index contributed by atoms with van der Waals surface area (Å²) in [6, 6.07) is 7.53. The Morgan fingerprint density at radius 2 is 2.07 bits per heavy atom. The summed E-state index contributed by atoms with van der Waals surface area (Å²) in [5.74, 6) is 0. The predicted octanol–water partition coefficient (Wildman–Crippen LogP) is 1.71. The molecule has 1 unspecified atom stereocenters. The van der Waals surface area contributed by atoms with Crippen LogP contribution < -0.4 is 10.9 Å². The summed E-state index contributed by atoms with van der Waals surface area (Å²) in [6.45, 7) is 1.09. The molecule has 3 rings (SSSR count). The summed E-state index contributed by atoms with van der Waals surface area (Å²) in [6.07, 6.45) is 5.11. The molecule has 0 radical (unpaired) electrons. The van der Waals surface area contributed by atoms with Gasteiger partial charge >= 0.3 is 0 Å². The largest absolute Gasteiger partial charge is 0.257 e. The van der Waals surface area contributed by atoms with Crippen molar-refractivity contribution < 1.29 is 0 Å². The molecule has 2 heteroatoms. The number of aryl methyl sites for hydroxylation is 2. The Morgan fingerprint density at radius 3 is 2.93 bits per heavy atom. The Balaban J connectivity index is 1.91. The van der Waals surface area contributed by atoms with E-state index in [1.54, 1.807) is 11.1 Å². The zero-order valence-corrected chi connectivity index (χ0v) is 8.34. The Morgan fingerprint density at radius 1 is 1.14 bits per heavy atom. The second kappa shape index (κ2) is 3.37. The molecule has 0 bridgehead atoms. The number of hydrogen-bond donors (Lipinski definition) is 2. The van der Waals surface area contributed by atoms with E-state index < -0.39 is 0 Å². The third-order valence-electron chi connectivity index (χ3n) is 3.36. The first-order valence-corrected chi connectivity index (χ1v) is 5.53. The average molecular weight is 188 g/mol. The van der Waals surface area contributed by atoms with Crippen molar-refractivity contribution in [2.45, 2.75) is 31.7 Å². The molecule has 74 valence electrons. The number of fused-ring (bicyclic) bond motifs is 1. The first kappa shape index (κ1) is 8.45. The van der Waals surface area contributed by atoms with Gasteiger partial charge in [0.15, 0.2) is 0 Å². The van der Waals surface area contributed by atoms with Gasteiger partial charge in [0.1, 0.15) is 0 Å². The van der Waals surface area contributed by atoms with E-state index >= 15 is 0 Å². The van der Waals surface area contributed by atoms with Gasteiger partial charge in [0.25, 0.3) is 0 Å². The van der Waals surface area contributed by atoms with Gasteiger partial charge in [-0.3, -0.25) is 10.9 Å². The van der Waals surface area contributed by atoms with E-state index in [-0.39, 0.29) is 0 Å². The highest BCUT2D eigenvalue weighted by Crippen LogP contribution is 2.27. The molecule has 0 amide bonds. The summed E-state index contributed by atoms with van der Waals surface area (Å²) in [7, 11) is 0. The topological polar surface area (TPSA) is 24.1 Å². The Kier molecular flexibility index (Phi) is 2.03. The maximum Gasteiger partial charge on any atom is 0.0475 e. The highest BCUT2D eigenvalue weighted by molar-refractivity contribution is 5.36. The molecule has 0 aromatic heterocycles. The molecule has 1 aliphatic carbocycles. The predicted molar refractivity (Wildman–Crippen MR) is 57.0 cm³/mol. The Labute approximate surface area is 84.7 Å². The molecule has 1 aromatic rings. The lowest BCUT2D eigenvalue weighted by Gasteiger charge is -2.11. The van der Waals surface area contributed by atoms with Crippen molar-refractivity contribution >= 4 is 0 Å². The van der Waals surface area contributed by atoms with Crippen molar-refractivity contribution in [1.29, 1.82) is 0 Å². The maximum absolute atomic E-state index is 3.31. The normalized spacial score (nSPS) is 25.3. The van der Waals surface area contributed by atoms with Crippen molar-refractivity contribution in [3.8, 4) is 0 Å². The van der Waals surface area contributed by atoms with Crippen LogP contribution in [0.15, 0.2) is 18.2 Å². The molecule has 1 fully saturated rings. The number of benzene rings is 1. The van der Waals surface area contributed by atoms with Gasteiger partial charge in [0, 0.05) is 12.6 Å². The Hall–Kier alpha value is -0.860. The molecule has 1 heterocycles. The van der Waals surface area contributed by atoms with Gasteiger partial charge in [0.2, 0.25) is 0 Å². The lowest BCUT2D eigenvalue weighted by molar-refractivity contribution is 0.580. The van der Waals surface area contributed by atoms with E-state index in [0.717, 1.165) is 6.54 Å². The van der Waals surface area contributed by atoms with Crippen LogP contribution in [-0.4, -0.2) is 6.54 Å². The number of nitrogens with one attached hydrogen (secondary N) is 2. The van der Waals surface area contributed by atoms with E-state index in [0.29, 0.717) is 6.04 Å². The summed E-state index contributed by atoms with van der Waals surface area (Å²) >= 11 is 0. The summed E-state index contributed by atoms with van der Waals surface area (Å²) in [4.78, 5) is 0. The first-order chi connectivity index (χ1) is 6.93. The molecule has 0 saturated carbocycles. The number of hydrogen-bond acceptors (Lipinski definition) is 2. The quantitative estimate of drug-likeness (QED) is 0.701. The van der Waals surface area contributed by atoms with E-state index in [9.17, 15) is 0 Å². The van der Waals surface area contributed by atoms with E-state index in [4.69, 9.17) is 0 Å². The van der Waals surface area contributed by atoms with Crippen LogP contribution in [0.25, 0.3) is 0 Å². The highest BCUT2D eigenvalue weighted by atomic mass is 15.4. The fourth-order valence-corrected chi connectivity index (χ4v) is 2.54. The maximum atomic E-state index is 3.31. The van der Waals surface area contributed by atoms with Crippen LogP contribution in [0.3, 0.4) is 0 Å². The van der Waals surface area contributed by atoms with Crippen LogP contribution in [0, 0.1) is 0 Å². The monoisotopic (exact) mass is 188 g/mol. The van der Waals surface area contributed by atoms with Crippen molar-refractivity contribution in [3.05, 3.63) is 34.9 Å². The molecule has 1 aromatic carbocycles. The van der Waals surface area contributed by atoms with Crippen LogP contribution in [0.4, 0.5) is 0 Å². The van der Waals surface area contributed by atoms with Gasteiger partial charge in [-0.25, -0.2) is 0 Å². The van der Waals surface area contributed by atoms with E-state index in [2.05, 4.69) is 29.1 Å². The lowest BCUT2D eigenvalue weighted by atomic mass is 10.0. The fraction of sp³-hybridized carbons (Fsp3) is 0.500. The van der Waals surface area contributed by atoms with Crippen molar-refractivity contribution in [2.75, 3.05) is 6.54 Å². The third-order valence-corrected chi connectivity index (χ3v) is 3.36. The standard InChI is InChI=1S/C12H16N2/c1-2-9-4-5-11(8-10(9)3-1)12-6-7-13-14-12/h4-5,8,12-14H,1-3,6-7H2. The second-order valence-electron chi connectivity index (χ2n) is 4.29. The van der Waals surface area contributed by atoms with Gasteiger partial charge in [-0.15, -0.1) is 0 Å². The number of hydrazine groups is 1. The molecule has 14 heavy (non-hydrogen) atoms. The van der Waals surface area contributed by atoms with Crippen LogP contribution in [0.2, 0.25) is 0 Å². The minimum absolute atomic E-state index is 0.529. The second-order valence-corrected chi connectivity index (χ2v) is 4.29. The average Bonchev–Trinajstić information content (AvgIpc) is 2.88. The van der Waals surface area contributed by atoms with Gasteiger partial charge in [-0.2, -0.15) is 0 Å². The van der Waals surface area contributed by atoms with Gasteiger partial charge in [-0.05, 0) is 42.4 Å². The molecular formula is C12H16N2. The molecule has 2 nitrogen and oxygen atoms in total. The van der Waals surface area contributed by atoms with Crippen molar-refractivity contribution in [2.24, 2.45) is 0 Å². The van der Waals surface area contributed by atoms with Crippen LogP contribution in [0.5, 0.6) is 0 Å². The third kappa shape index (κ3) is 1.35. The van der Waals surface area contributed by atoms with E-state index in [1.165, 1.54) is 31.2 Å². The summed E-state index contributed by atoms with van der Waals surface area (Å²) in [5.41, 5.74) is 11.1. The summed E-state index contributed by atoms with van der Waals surface area (Å²) in [5, 5.41) is 0. The highest BCUT2D eigenvalue weighted by Gasteiger charge is 2.18. The minimum Gasteiger partial charge on any atom is -0.257 e. The molecule has 0 spiro atoms. The van der Waals surface area contributed by atoms with Crippen molar-refractivity contribution in [1.82, 2.24) is 10.9 Å². The van der Waals surface area contributed by atoms with Crippen LogP contribution in [0.1, 0.15) is 35.6 Å². The van der Waals surface area contributed by atoms with Gasteiger partial charge in [0.05, 0.1) is 0 Å². The molecular weight excluding hydrogens is 172 g/mol. The molecule has 2 aliphatic rings. The molecule has 1 saturated heterocycles. The van der Waals surface area contributed by atoms with E-state index in [1.807, 2.05) is 0 Å². The minimum atomic E-state index is 0.529. The van der Waals surface area contributed by atoms with Crippen molar-refractivity contribution in [3.63, 3.8) is 0 Å². The fourth-order valence-electron chi connectivity index (χ4n) is 2.54. The smallest absolute Gasteiger partial charge is 0.0475 e.